The third kappa shape index (κ3) is 3.13. The van der Waals surface area contributed by atoms with E-state index in [9.17, 15) is 9.59 Å². The van der Waals surface area contributed by atoms with Crippen molar-refractivity contribution in [3.63, 3.8) is 0 Å². The number of ketones is 1. The van der Waals surface area contributed by atoms with Gasteiger partial charge in [-0.05, 0) is 38.0 Å². The van der Waals surface area contributed by atoms with Gasteiger partial charge < -0.3 is 5.32 Å². The third-order valence-electron chi connectivity index (χ3n) is 5.32. The van der Waals surface area contributed by atoms with Crippen molar-refractivity contribution in [2.45, 2.75) is 39.5 Å². The van der Waals surface area contributed by atoms with Gasteiger partial charge in [-0.15, -0.1) is 0 Å². The van der Waals surface area contributed by atoms with E-state index in [1.165, 1.54) is 5.56 Å². The predicted octanol–water partition coefficient (Wildman–Crippen LogP) is 4.36. The molecule has 2 heterocycles. The van der Waals surface area contributed by atoms with Gasteiger partial charge in [0.05, 0.1) is 17.3 Å². The highest BCUT2D eigenvalue weighted by Gasteiger charge is 2.36. The fourth-order valence-corrected chi connectivity index (χ4v) is 3.79. The van der Waals surface area contributed by atoms with E-state index in [1.54, 1.807) is 4.68 Å². The Morgan fingerprint density at radius 3 is 2.64 bits per heavy atom. The Balaban J connectivity index is 1.81. The largest absolute Gasteiger partial charge is 0.310 e. The second kappa shape index (κ2) is 7.08. The summed E-state index contributed by atoms with van der Waals surface area (Å²) >= 11 is 0. The molecule has 28 heavy (non-hydrogen) atoms. The molecule has 0 saturated carbocycles. The predicted molar refractivity (Wildman–Crippen MR) is 109 cm³/mol. The first-order valence-corrected chi connectivity index (χ1v) is 9.57. The van der Waals surface area contributed by atoms with Gasteiger partial charge in [-0.3, -0.25) is 9.59 Å². The summed E-state index contributed by atoms with van der Waals surface area (Å²) < 4.78 is 1.75. The van der Waals surface area contributed by atoms with Crippen molar-refractivity contribution in [1.82, 2.24) is 9.78 Å². The number of carbonyl (C=O) groups is 2. The molecule has 0 spiro atoms. The maximum absolute atomic E-state index is 13.2. The lowest BCUT2D eigenvalue weighted by atomic mass is 9.85. The van der Waals surface area contributed by atoms with E-state index in [1.807, 2.05) is 50.2 Å². The average molecular weight is 373 g/mol. The highest BCUT2D eigenvalue weighted by atomic mass is 16.2. The van der Waals surface area contributed by atoms with Crippen LogP contribution in [0.15, 0.2) is 48.5 Å². The van der Waals surface area contributed by atoms with Crippen LogP contribution in [-0.4, -0.2) is 21.5 Å². The molecule has 0 fully saturated rings. The molecule has 0 bridgehead atoms. The molecule has 4 rings (SSSR count). The fourth-order valence-electron chi connectivity index (χ4n) is 3.79. The normalized spacial score (nSPS) is 15.8. The number of aryl methyl sites for hydroxylation is 3. The molecule has 1 unspecified atom stereocenters. The van der Waals surface area contributed by atoms with Crippen LogP contribution in [0.2, 0.25) is 0 Å². The van der Waals surface area contributed by atoms with E-state index in [-0.39, 0.29) is 18.1 Å². The SMILES string of the molecule is CCc1cccc(-n2nc(C)c3c2NC(=O)CC3C(=O)c2ccc(C)cc2)c1. The van der Waals surface area contributed by atoms with Gasteiger partial charge in [-0.1, -0.05) is 48.9 Å². The van der Waals surface area contributed by atoms with Crippen molar-refractivity contribution in [1.29, 1.82) is 0 Å². The summed E-state index contributed by atoms with van der Waals surface area (Å²) in [6.45, 7) is 5.98. The molecule has 5 heteroatoms. The lowest BCUT2D eigenvalue weighted by molar-refractivity contribution is -0.116. The molecular weight excluding hydrogens is 350 g/mol. The first kappa shape index (κ1) is 18.2. The summed E-state index contributed by atoms with van der Waals surface area (Å²) in [6, 6.07) is 15.6. The van der Waals surface area contributed by atoms with E-state index in [4.69, 9.17) is 0 Å². The average Bonchev–Trinajstić information content (AvgIpc) is 3.04. The van der Waals surface area contributed by atoms with Gasteiger partial charge in [0.2, 0.25) is 5.91 Å². The minimum atomic E-state index is -0.519. The molecule has 1 aliphatic heterocycles. The van der Waals surface area contributed by atoms with Crippen LogP contribution in [0.3, 0.4) is 0 Å². The van der Waals surface area contributed by atoms with Gasteiger partial charge in [-0.2, -0.15) is 5.10 Å². The second-order valence-electron chi connectivity index (χ2n) is 7.32. The molecule has 1 N–H and O–H groups in total. The van der Waals surface area contributed by atoms with Crippen molar-refractivity contribution in [3.05, 3.63) is 76.5 Å². The fraction of sp³-hybridized carbons (Fsp3) is 0.261. The van der Waals surface area contributed by atoms with Crippen molar-refractivity contribution < 1.29 is 9.59 Å². The van der Waals surface area contributed by atoms with Gasteiger partial charge >= 0.3 is 0 Å². The lowest BCUT2D eigenvalue weighted by Crippen LogP contribution is -2.28. The van der Waals surface area contributed by atoms with E-state index in [2.05, 4.69) is 29.5 Å². The number of aromatic nitrogens is 2. The molecule has 5 nitrogen and oxygen atoms in total. The zero-order valence-electron chi connectivity index (χ0n) is 16.3. The molecule has 142 valence electrons. The van der Waals surface area contributed by atoms with Crippen LogP contribution in [0.1, 0.15) is 52.0 Å². The zero-order valence-corrected chi connectivity index (χ0v) is 16.3. The first-order valence-electron chi connectivity index (χ1n) is 9.57. The number of nitrogens with zero attached hydrogens (tertiary/aromatic N) is 2. The van der Waals surface area contributed by atoms with Gasteiger partial charge in [-0.25, -0.2) is 4.68 Å². The number of rotatable bonds is 4. The summed E-state index contributed by atoms with van der Waals surface area (Å²) in [5, 5.41) is 7.60. The highest BCUT2D eigenvalue weighted by molar-refractivity contribution is 6.08. The molecular formula is C23H23N3O2. The van der Waals surface area contributed by atoms with E-state index in [0.717, 1.165) is 28.9 Å². The molecule has 0 aliphatic carbocycles. The maximum atomic E-state index is 13.2. The van der Waals surface area contributed by atoms with Gasteiger partial charge in [0.25, 0.3) is 0 Å². The van der Waals surface area contributed by atoms with Crippen LogP contribution in [0, 0.1) is 13.8 Å². The highest BCUT2D eigenvalue weighted by Crippen LogP contribution is 2.38. The summed E-state index contributed by atoms with van der Waals surface area (Å²) in [5.74, 6) is -0.117. The molecule has 1 aliphatic rings. The number of fused-ring (bicyclic) bond motifs is 1. The van der Waals surface area contributed by atoms with Crippen molar-refractivity contribution in [3.8, 4) is 5.69 Å². The quantitative estimate of drug-likeness (QED) is 0.691. The van der Waals surface area contributed by atoms with Gasteiger partial charge in [0.1, 0.15) is 5.82 Å². The molecule has 0 radical (unpaired) electrons. The summed E-state index contributed by atoms with van der Waals surface area (Å²) in [4.78, 5) is 25.6. The minimum absolute atomic E-state index is 0.0407. The molecule has 2 aromatic carbocycles. The van der Waals surface area contributed by atoms with Crippen LogP contribution in [0.25, 0.3) is 5.69 Å². The maximum Gasteiger partial charge on any atom is 0.226 e. The number of Topliss-reactive ketones (excluding diaryl/α,β-unsaturated/α-hetero) is 1. The number of nitrogens with one attached hydrogen (secondary N) is 1. The third-order valence-corrected chi connectivity index (χ3v) is 5.32. The second-order valence-corrected chi connectivity index (χ2v) is 7.32. The van der Waals surface area contributed by atoms with E-state index >= 15 is 0 Å². The van der Waals surface area contributed by atoms with E-state index < -0.39 is 5.92 Å². The molecule has 3 aromatic rings. The number of hydrogen-bond donors (Lipinski definition) is 1. The molecule has 1 amide bonds. The Labute approximate surface area is 164 Å². The standard InChI is InChI=1S/C23H23N3O2/c1-4-16-6-5-7-18(12-16)26-23-21(15(3)25-26)19(13-20(27)24-23)22(28)17-10-8-14(2)9-11-17/h5-12,19H,4,13H2,1-3H3,(H,24,27). The Morgan fingerprint density at radius 1 is 1.18 bits per heavy atom. The van der Waals surface area contributed by atoms with Crippen LogP contribution >= 0.6 is 0 Å². The number of benzene rings is 2. The Hall–Kier alpha value is -3.21. The number of anilines is 1. The molecule has 0 saturated heterocycles. The Bertz CT molecular complexity index is 1060. The zero-order chi connectivity index (χ0) is 19.8. The smallest absolute Gasteiger partial charge is 0.226 e. The van der Waals surface area contributed by atoms with Crippen LogP contribution in [-0.2, 0) is 11.2 Å². The minimum Gasteiger partial charge on any atom is -0.310 e. The summed E-state index contributed by atoms with van der Waals surface area (Å²) in [5.41, 5.74) is 5.37. The summed E-state index contributed by atoms with van der Waals surface area (Å²) in [7, 11) is 0. The number of carbonyl (C=O) groups excluding carboxylic acids is 2. The summed E-state index contributed by atoms with van der Waals surface area (Å²) in [6.07, 6.45) is 1.05. The van der Waals surface area contributed by atoms with Gasteiger partial charge in [0.15, 0.2) is 5.78 Å². The van der Waals surface area contributed by atoms with Crippen molar-refractivity contribution in [2.75, 3.05) is 5.32 Å². The van der Waals surface area contributed by atoms with Crippen LogP contribution in [0.5, 0.6) is 0 Å². The monoisotopic (exact) mass is 373 g/mol. The topological polar surface area (TPSA) is 64.0 Å². The Kier molecular flexibility index (Phi) is 4.59. The van der Waals surface area contributed by atoms with E-state index in [0.29, 0.717) is 11.4 Å². The van der Waals surface area contributed by atoms with Crippen molar-refractivity contribution >= 4 is 17.5 Å². The molecule has 1 aromatic heterocycles. The Morgan fingerprint density at radius 2 is 1.93 bits per heavy atom. The van der Waals surface area contributed by atoms with Crippen molar-refractivity contribution in [2.24, 2.45) is 0 Å². The lowest BCUT2D eigenvalue weighted by Gasteiger charge is -2.23. The number of hydrogen-bond acceptors (Lipinski definition) is 3. The van der Waals surface area contributed by atoms with Crippen LogP contribution < -0.4 is 5.32 Å². The van der Waals surface area contributed by atoms with Gasteiger partial charge in [0, 0.05) is 17.5 Å². The number of amides is 1. The first-order chi connectivity index (χ1) is 13.5. The molecule has 1 atom stereocenters. The van der Waals surface area contributed by atoms with Crippen LogP contribution in [0.4, 0.5) is 5.82 Å².